The third kappa shape index (κ3) is 2.97. The molecule has 2 aromatic rings. The summed E-state index contributed by atoms with van der Waals surface area (Å²) >= 11 is 1.70. The van der Waals surface area contributed by atoms with E-state index in [9.17, 15) is 4.79 Å². The van der Waals surface area contributed by atoms with Crippen molar-refractivity contribution in [3.8, 4) is 0 Å². The molecule has 0 unspecified atom stereocenters. The number of benzene rings is 1. The van der Waals surface area contributed by atoms with Crippen LogP contribution in [0.4, 0.5) is 5.69 Å². The monoisotopic (exact) mass is 249 g/mol. The SMILES string of the molecule is CCOC(=O)CCc1cc2cc(N)ccc2s1. The zero-order valence-electron chi connectivity index (χ0n) is 9.73. The highest BCUT2D eigenvalue weighted by Crippen LogP contribution is 2.28. The van der Waals surface area contributed by atoms with Crippen LogP contribution in [-0.4, -0.2) is 12.6 Å². The molecule has 1 heterocycles. The summed E-state index contributed by atoms with van der Waals surface area (Å²) in [6.45, 7) is 2.27. The van der Waals surface area contributed by atoms with Gasteiger partial charge >= 0.3 is 5.97 Å². The zero-order chi connectivity index (χ0) is 12.3. The molecule has 1 aromatic carbocycles. The number of rotatable bonds is 4. The van der Waals surface area contributed by atoms with E-state index in [0.717, 1.165) is 17.5 Å². The number of ether oxygens (including phenoxy) is 1. The molecule has 0 saturated heterocycles. The van der Waals surface area contributed by atoms with E-state index in [4.69, 9.17) is 10.5 Å². The topological polar surface area (TPSA) is 52.3 Å². The van der Waals surface area contributed by atoms with Gasteiger partial charge in [-0.2, -0.15) is 0 Å². The van der Waals surface area contributed by atoms with Gasteiger partial charge in [-0.15, -0.1) is 11.3 Å². The number of thiophene rings is 1. The average Bonchev–Trinajstić information content (AvgIpc) is 2.68. The number of carbonyl (C=O) groups is 1. The lowest BCUT2D eigenvalue weighted by atomic mass is 10.2. The summed E-state index contributed by atoms with van der Waals surface area (Å²) in [7, 11) is 0. The fourth-order valence-corrected chi connectivity index (χ4v) is 2.74. The summed E-state index contributed by atoms with van der Waals surface area (Å²) < 4.78 is 6.11. The van der Waals surface area contributed by atoms with Crippen molar-refractivity contribution < 1.29 is 9.53 Å². The Morgan fingerprint density at radius 2 is 2.24 bits per heavy atom. The fourth-order valence-electron chi connectivity index (χ4n) is 1.70. The molecule has 90 valence electrons. The predicted octanol–water partition coefficient (Wildman–Crippen LogP) is 2.98. The number of anilines is 1. The fraction of sp³-hybridized carbons (Fsp3) is 0.308. The van der Waals surface area contributed by atoms with E-state index in [1.165, 1.54) is 9.58 Å². The Labute approximate surface area is 104 Å². The highest BCUT2D eigenvalue weighted by molar-refractivity contribution is 7.19. The summed E-state index contributed by atoms with van der Waals surface area (Å²) in [6, 6.07) is 7.96. The molecule has 17 heavy (non-hydrogen) atoms. The molecule has 4 heteroatoms. The van der Waals surface area contributed by atoms with Gasteiger partial charge in [-0.25, -0.2) is 0 Å². The van der Waals surface area contributed by atoms with E-state index in [-0.39, 0.29) is 5.97 Å². The molecular formula is C13H15NO2S. The molecule has 0 saturated carbocycles. The molecule has 2 rings (SSSR count). The second-order valence-corrected chi connectivity index (χ2v) is 4.98. The minimum atomic E-state index is -0.135. The van der Waals surface area contributed by atoms with Gasteiger partial charge in [-0.3, -0.25) is 4.79 Å². The summed E-state index contributed by atoms with van der Waals surface area (Å²) in [4.78, 5) is 12.4. The van der Waals surface area contributed by atoms with E-state index in [1.54, 1.807) is 11.3 Å². The van der Waals surface area contributed by atoms with Gasteiger partial charge in [-0.1, -0.05) is 0 Å². The van der Waals surface area contributed by atoms with Gasteiger partial charge in [0.15, 0.2) is 0 Å². The molecule has 0 fully saturated rings. The van der Waals surface area contributed by atoms with Gasteiger partial charge in [0, 0.05) is 15.3 Å². The van der Waals surface area contributed by atoms with Crippen LogP contribution in [0.1, 0.15) is 18.2 Å². The quantitative estimate of drug-likeness (QED) is 0.669. The lowest BCUT2D eigenvalue weighted by Crippen LogP contribution is -2.04. The third-order valence-corrected chi connectivity index (χ3v) is 3.65. The Morgan fingerprint density at radius 3 is 3.00 bits per heavy atom. The largest absolute Gasteiger partial charge is 0.466 e. The maximum absolute atomic E-state index is 11.2. The standard InChI is InChI=1S/C13H15NO2S/c1-2-16-13(15)6-4-11-8-9-7-10(14)3-5-12(9)17-11/h3,5,7-8H,2,4,6,14H2,1H3. The number of hydrogen-bond donors (Lipinski definition) is 1. The third-order valence-electron chi connectivity index (χ3n) is 2.47. The second-order valence-electron chi connectivity index (χ2n) is 3.81. The summed E-state index contributed by atoms with van der Waals surface area (Å²) in [6.07, 6.45) is 1.17. The molecule has 0 bridgehead atoms. The van der Waals surface area contributed by atoms with Gasteiger partial charge in [0.2, 0.25) is 0 Å². The van der Waals surface area contributed by atoms with Crippen molar-refractivity contribution in [2.24, 2.45) is 0 Å². The van der Waals surface area contributed by atoms with E-state index in [0.29, 0.717) is 13.0 Å². The van der Waals surface area contributed by atoms with Crippen molar-refractivity contribution in [3.63, 3.8) is 0 Å². The van der Waals surface area contributed by atoms with Crippen LogP contribution in [0.5, 0.6) is 0 Å². The molecule has 0 radical (unpaired) electrons. The number of nitrogen functional groups attached to an aromatic ring is 1. The predicted molar refractivity (Wildman–Crippen MR) is 71.2 cm³/mol. The maximum Gasteiger partial charge on any atom is 0.306 e. The van der Waals surface area contributed by atoms with Gasteiger partial charge in [0.05, 0.1) is 13.0 Å². The first-order chi connectivity index (χ1) is 8.19. The lowest BCUT2D eigenvalue weighted by Gasteiger charge is -1.99. The highest BCUT2D eigenvalue weighted by Gasteiger charge is 2.06. The van der Waals surface area contributed by atoms with Gasteiger partial charge in [0.25, 0.3) is 0 Å². The van der Waals surface area contributed by atoms with Crippen molar-refractivity contribution in [1.82, 2.24) is 0 Å². The minimum Gasteiger partial charge on any atom is -0.466 e. The van der Waals surface area contributed by atoms with Crippen LogP contribution in [0.25, 0.3) is 10.1 Å². The molecule has 0 aliphatic rings. The molecule has 0 aliphatic carbocycles. The van der Waals surface area contributed by atoms with Gasteiger partial charge in [-0.05, 0) is 43.0 Å². The average molecular weight is 249 g/mol. The lowest BCUT2D eigenvalue weighted by molar-refractivity contribution is -0.143. The van der Waals surface area contributed by atoms with E-state index >= 15 is 0 Å². The number of esters is 1. The maximum atomic E-state index is 11.2. The first-order valence-corrected chi connectivity index (χ1v) is 6.44. The number of fused-ring (bicyclic) bond motifs is 1. The van der Waals surface area contributed by atoms with Crippen LogP contribution in [0.2, 0.25) is 0 Å². The van der Waals surface area contributed by atoms with Crippen molar-refractivity contribution in [3.05, 3.63) is 29.1 Å². The van der Waals surface area contributed by atoms with Crippen LogP contribution < -0.4 is 5.73 Å². The summed E-state index contributed by atoms with van der Waals surface area (Å²) in [5, 5.41) is 1.15. The van der Waals surface area contributed by atoms with Crippen LogP contribution in [0.3, 0.4) is 0 Å². The zero-order valence-corrected chi connectivity index (χ0v) is 10.5. The molecule has 1 aromatic heterocycles. The van der Waals surface area contributed by atoms with Crippen molar-refractivity contribution >= 4 is 33.1 Å². The Morgan fingerprint density at radius 1 is 1.41 bits per heavy atom. The Hall–Kier alpha value is -1.55. The van der Waals surface area contributed by atoms with Crippen LogP contribution in [0.15, 0.2) is 24.3 Å². The number of hydrogen-bond acceptors (Lipinski definition) is 4. The van der Waals surface area contributed by atoms with E-state index in [2.05, 4.69) is 6.07 Å². The van der Waals surface area contributed by atoms with Crippen LogP contribution >= 0.6 is 11.3 Å². The van der Waals surface area contributed by atoms with Crippen molar-refractivity contribution in [2.45, 2.75) is 19.8 Å². The Balaban J connectivity index is 2.07. The first kappa shape index (κ1) is 11.9. The number of carbonyl (C=O) groups excluding carboxylic acids is 1. The molecular weight excluding hydrogens is 234 g/mol. The number of nitrogens with two attached hydrogens (primary N) is 1. The number of aryl methyl sites for hydroxylation is 1. The minimum absolute atomic E-state index is 0.135. The Kier molecular flexibility index (Phi) is 3.64. The molecule has 0 spiro atoms. The molecule has 0 atom stereocenters. The summed E-state index contributed by atoms with van der Waals surface area (Å²) in [5.74, 6) is -0.135. The second kappa shape index (κ2) is 5.19. The van der Waals surface area contributed by atoms with Crippen LogP contribution in [-0.2, 0) is 16.0 Å². The molecule has 2 N–H and O–H groups in total. The van der Waals surface area contributed by atoms with E-state index in [1.807, 2.05) is 25.1 Å². The molecule has 0 amide bonds. The molecule has 0 aliphatic heterocycles. The smallest absolute Gasteiger partial charge is 0.306 e. The first-order valence-electron chi connectivity index (χ1n) is 5.62. The molecule has 3 nitrogen and oxygen atoms in total. The normalized spacial score (nSPS) is 10.6. The Bertz CT molecular complexity index is 533. The summed E-state index contributed by atoms with van der Waals surface area (Å²) in [5.41, 5.74) is 6.50. The van der Waals surface area contributed by atoms with E-state index < -0.39 is 0 Å². The van der Waals surface area contributed by atoms with Crippen LogP contribution in [0, 0.1) is 0 Å². The van der Waals surface area contributed by atoms with Gasteiger partial charge in [0.1, 0.15) is 0 Å². The highest BCUT2D eigenvalue weighted by atomic mass is 32.1. The van der Waals surface area contributed by atoms with Gasteiger partial charge < -0.3 is 10.5 Å². The van der Waals surface area contributed by atoms with Crippen molar-refractivity contribution in [1.29, 1.82) is 0 Å². The van der Waals surface area contributed by atoms with Crippen molar-refractivity contribution in [2.75, 3.05) is 12.3 Å².